The van der Waals surface area contributed by atoms with Crippen LogP contribution in [0, 0.1) is 0 Å². The number of hydrogen-bond acceptors (Lipinski definition) is 6. The Kier molecular flexibility index (Phi) is 15.9. The van der Waals surface area contributed by atoms with Crippen LogP contribution in [0.25, 0.3) is 237 Å². The fourth-order valence-corrected chi connectivity index (χ4v) is 26.6. The van der Waals surface area contributed by atoms with E-state index in [1.807, 2.05) is 68.0 Å². The van der Waals surface area contributed by atoms with E-state index in [9.17, 15) is 0 Å². The predicted molar refractivity (Wildman–Crippen MR) is 524 cm³/mol. The maximum absolute atomic E-state index is 2.45. The maximum Gasteiger partial charge on any atom is 0.0734 e. The summed E-state index contributed by atoms with van der Waals surface area (Å²) in [4.78, 5) is 0. The first kappa shape index (κ1) is 68.6. The molecule has 0 aliphatic carbocycles. The second-order valence-corrected chi connectivity index (χ2v) is 37.0. The zero-order valence-electron chi connectivity index (χ0n) is 63.8. The molecule has 0 aliphatic rings. The van der Waals surface area contributed by atoms with Gasteiger partial charge in [-0.25, -0.2) is 0 Å². The number of fused-ring (bicyclic) bond motifs is 28. The molecule has 0 saturated carbocycles. The van der Waals surface area contributed by atoms with E-state index < -0.39 is 0 Å². The Labute approximate surface area is 707 Å². The van der Waals surface area contributed by atoms with Gasteiger partial charge in [0.2, 0.25) is 0 Å². The zero-order valence-corrected chi connectivity index (χ0v) is 68.7. The van der Waals surface area contributed by atoms with Gasteiger partial charge >= 0.3 is 0 Å². The van der Waals surface area contributed by atoms with Crippen molar-refractivity contribution in [3.05, 3.63) is 394 Å². The van der Waals surface area contributed by atoms with Gasteiger partial charge in [0.25, 0.3) is 0 Å². The van der Waals surface area contributed by atoms with Crippen molar-refractivity contribution in [2.24, 2.45) is 0 Å². The number of benzene rings is 18. The highest BCUT2D eigenvalue weighted by Crippen LogP contribution is 2.53. The van der Waals surface area contributed by atoms with E-state index in [1.165, 1.54) is 237 Å². The van der Waals surface area contributed by atoms with Gasteiger partial charge in [-0.15, -0.1) is 68.0 Å². The Bertz CT molecular complexity index is 8810. The number of aromatic nitrogens is 3. The van der Waals surface area contributed by atoms with Gasteiger partial charge in [0.05, 0.1) is 47.2 Å². The zero-order chi connectivity index (χ0) is 77.9. The lowest BCUT2D eigenvalue weighted by molar-refractivity contribution is 1.19. The third kappa shape index (κ3) is 10.8. The lowest BCUT2D eigenvalue weighted by Gasteiger charge is -2.10. The Balaban J connectivity index is 0.0000000992. The topological polar surface area (TPSA) is 14.8 Å². The highest BCUT2D eigenvalue weighted by atomic mass is 32.1. The molecule has 0 aliphatic heterocycles. The SMILES string of the molecule is c1ccc(-c2ccc3c(c2)sc2cc(-c4cccc5sc6c7ccccc7n(-c7ccccc7)c6c45)ccc23)cc1.c1ccc(-n2c3ccccc3c3sc4c(-c5cccc6c5sc5c7ccccc7ccc65)cccc4c32)cc1.c1ccc(-n2c3ccccc3c3sc4cc(-c5cccc6c5sc5c7ccccc7ccc65)ccc4c32)cc1. The molecule has 9 heterocycles. The van der Waals surface area contributed by atoms with Crippen LogP contribution in [-0.2, 0) is 0 Å². The van der Waals surface area contributed by atoms with Crippen LogP contribution < -0.4 is 0 Å². The molecular weight excluding hydrogens is 1560 g/mol. The Morgan fingerprint density at radius 1 is 0.160 bits per heavy atom. The van der Waals surface area contributed by atoms with Crippen LogP contribution >= 0.6 is 68.0 Å². The van der Waals surface area contributed by atoms with Crippen LogP contribution in [-0.4, -0.2) is 13.7 Å². The number of rotatable bonds is 7. The van der Waals surface area contributed by atoms with Crippen molar-refractivity contribution in [3.63, 3.8) is 0 Å². The number of nitrogens with zero attached hydrogens (tertiary/aromatic N) is 3. The molecule has 18 aromatic carbocycles. The van der Waals surface area contributed by atoms with Gasteiger partial charge in [-0.2, -0.15) is 0 Å². The monoisotopic (exact) mass is 1620 g/mol. The molecule has 9 aromatic heterocycles. The molecule has 0 unspecified atom stereocenters. The average molecular weight is 1620 g/mol. The molecule has 119 heavy (non-hydrogen) atoms. The molecule has 0 fully saturated rings. The Hall–Kier alpha value is -13.6. The summed E-state index contributed by atoms with van der Waals surface area (Å²) >= 11 is 11.5. The molecule has 0 radical (unpaired) electrons. The van der Waals surface area contributed by atoms with Crippen molar-refractivity contribution in [2.75, 3.05) is 0 Å². The van der Waals surface area contributed by atoms with E-state index in [4.69, 9.17) is 0 Å². The van der Waals surface area contributed by atoms with E-state index in [0.717, 1.165) is 0 Å². The van der Waals surface area contributed by atoms with Crippen LogP contribution in [0.1, 0.15) is 0 Å². The lowest BCUT2D eigenvalue weighted by Crippen LogP contribution is -1.93. The van der Waals surface area contributed by atoms with Crippen molar-refractivity contribution >= 4 is 244 Å². The van der Waals surface area contributed by atoms with E-state index in [2.05, 4.69) is 408 Å². The van der Waals surface area contributed by atoms with Crippen LogP contribution in [0.5, 0.6) is 0 Å². The quantitative estimate of drug-likeness (QED) is 0.151. The molecule has 3 nitrogen and oxygen atoms in total. The van der Waals surface area contributed by atoms with Gasteiger partial charge in [-0.05, 0) is 134 Å². The summed E-state index contributed by atoms with van der Waals surface area (Å²) < 4.78 is 23.5. The van der Waals surface area contributed by atoms with Crippen molar-refractivity contribution in [1.29, 1.82) is 0 Å². The Morgan fingerprint density at radius 2 is 0.504 bits per heavy atom. The molecule has 9 heteroatoms. The minimum absolute atomic E-state index is 1.20. The minimum atomic E-state index is 1.20. The molecule has 0 bridgehead atoms. The molecule has 27 aromatic rings. The summed E-state index contributed by atoms with van der Waals surface area (Å²) in [5, 5.41) is 21.2. The third-order valence-corrected chi connectivity index (χ3v) is 31.5. The summed E-state index contributed by atoms with van der Waals surface area (Å²) in [5.41, 5.74) is 21.6. The lowest BCUT2D eigenvalue weighted by atomic mass is 9.99. The van der Waals surface area contributed by atoms with Gasteiger partial charge < -0.3 is 13.7 Å². The summed E-state index contributed by atoms with van der Waals surface area (Å²) in [6.45, 7) is 0. The normalized spacial score (nSPS) is 12.0. The molecule has 0 saturated heterocycles. The van der Waals surface area contributed by atoms with Crippen LogP contribution in [0.15, 0.2) is 394 Å². The van der Waals surface area contributed by atoms with E-state index in [1.54, 1.807) is 0 Å². The fourth-order valence-electron chi connectivity index (χ4n) is 18.9. The average Bonchev–Trinajstić information content (AvgIpc) is 1.56. The molecule has 0 N–H and O–H groups in total. The van der Waals surface area contributed by atoms with Crippen LogP contribution in [0.2, 0.25) is 0 Å². The van der Waals surface area contributed by atoms with Gasteiger partial charge in [-0.3, -0.25) is 0 Å². The maximum atomic E-state index is 2.45. The molecular formula is C110H65N3S6. The summed E-state index contributed by atoms with van der Waals surface area (Å²) in [5.74, 6) is 0. The number of para-hydroxylation sites is 6. The standard InChI is InChI=1S/C38H23NS2.2C36H21NS2/c1-3-10-24(11-4-1)25-18-20-29-30-21-19-26(23-35(30)40-34(29)22-25)28-15-9-17-33-36(28)37-38(41-33)31-14-7-8-16-32(31)39(37)27-12-5-2-6-13-27;1-2-11-23(12-3-1)37-31-19-7-6-14-29(31)36-32(37)30-18-9-17-26(35(30)39-36)25-15-8-16-27-28-21-20-22-10-4-5-13-24(22)33(28)38-34(25)27;1-2-10-24(11-3-1)37-31-16-7-6-13-29(31)36-33(37)30-20-18-23(21-32(30)38-36)26-14-8-15-27-28-19-17-22-9-4-5-12-25(22)34(28)39-35(26)27/h1-23H;2*1-21H. The first-order chi connectivity index (χ1) is 59.0. The van der Waals surface area contributed by atoms with Gasteiger partial charge in [-0.1, -0.05) is 315 Å². The highest BCUT2D eigenvalue weighted by Gasteiger charge is 2.26. The molecule has 0 amide bonds. The first-order valence-electron chi connectivity index (χ1n) is 40.3. The fraction of sp³-hybridized carbons (Fsp3) is 0. The third-order valence-electron chi connectivity index (χ3n) is 24.2. The molecule has 556 valence electrons. The summed E-state index contributed by atoms with van der Waals surface area (Å²) in [6.07, 6.45) is 0. The molecule has 27 rings (SSSR count). The van der Waals surface area contributed by atoms with E-state index >= 15 is 0 Å². The Morgan fingerprint density at radius 3 is 1.06 bits per heavy atom. The largest absolute Gasteiger partial charge is 0.308 e. The van der Waals surface area contributed by atoms with E-state index in [0.29, 0.717) is 0 Å². The predicted octanol–water partition coefficient (Wildman–Crippen LogP) is 34.1. The second kappa shape index (κ2) is 27.5. The van der Waals surface area contributed by atoms with Gasteiger partial charge in [0, 0.05) is 135 Å². The molecule has 0 spiro atoms. The number of hydrogen-bond donors (Lipinski definition) is 0. The van der Waals surface area contributed by atoms with Crippen molar-refractivity contribution in [2.45, 2.75) is 0 Å². The summed E-state index contributed by atoms with van der Waals surface area (Å²) in [6, 6.07) is 144. The van der Waals surface area contributed by atoms with Crippen LogP contribution in [0.4, 0.5) is 0 Å². The van der Waals surface area contributed by atoms with Gasteiger partial charge in [0.15, 0.2) is 0 Å². The minimum Gasteiger partial charge on any atom is -0.308 e. The van der Waals surface area contributed by atoms with Crippen molar-refractivity contribution in [3.8, 4) is 61.6 Å². The smallest absolute Gasteiger partial charge is 0.0734 e. The van der Waals surface area contributed by atoms with Crippen molar-refractivity contribution < 1.29 is 0 Å². The van der Waals surface area contributed by atoms with Crippen LogP contribution in [0.3, 0.4) is 0 Å². The molecule has 0 atom stereocenters. The number of thiophene rings is 6. The second-order valence-electron chi connectivity index (χ2n) is 30.8. The van der Waals surface area contributed by atoms with Crippen molar-refractivity contribution in [1.82, 2.24) is 13.7 Å². The van der Waals surface area contributed by atoms with E-state index in [-0.39, 0.29) is 0 Å². The first-order valence-corrected chi connectivity index (χ1v) is 45.2. The highest BCUT2D eigenvalue weighted by molar-refractivity contribution is 7.29. The summed E-state index contributed by atoms with van der Waals surface area (Å²) in [7, 11) is 0. The van der Waals surface area contributed by atoms with Gasteiger partial charge in [0.1, 0.15) is 0 Å².